The number of nitrogens with one attached hydrogen (secondary N) is 1. The second kappa shape index (κ2) is 6.83. The quantitative estimate of drug-likeness (QED) is 0.783. The van der Waals surface area contributed by atoms with E-state index in [2.05, 4.69) is 36.5 Å². The molecule has 0 unspecified atom stereocenters. The van der Waals surface area contributed by atoms with E-state index in [0.717, 1.165) is 15.9 Å². The number of aliphatic hydroxyl groups excluding tert-OH is 1. The molecule has 0 saturated heterocycles. The minimum Gasteiger partial charge on any atom is -0.396 e. The molecule has 0 atom stereocenters. The Morgan fingerprint density at radius 3 is 3.05 bits per heavy atom. The molecule has 0 aliphatic carbocycles. The van der Waals surface area contributed by atoms with Crippen molar-refractivity contribution in [2.75, 3.05) is 11.9 Å². The Morgan fingerprint density at radius 2 is 2.32 bits per heavy atom. The minimum absolute atomic E-state index is 0.151. The summed E-state index contributed by atoms with van der Waals surface area (Å²) in [5, 5.41) is 20.4. The molecular weight excluding hydrogens is 334 g/mol. The second-order valence-electron chi connectivity index (χ2n) is 3.90. The Bertz CT molecular complexity index is 548. The van der Waals surface area contributed by atoms with Gasteiger partial charge in [-0.15, -0.1) is 5.10 Å². The topological polar surface area (TPSA) is 75.9 Å². The van der Waals surface area contributed by atoms with Gasteiger partial charge < -0.3 is 10.4 Å². The Balaban J connectivity index is 1.91. The van der Waals surface area contributed by atoms with Crippen molar-refractivity contribution in [2.24, 2.45) is 0 Å². The van der Waals surface area contributed by atoms with Crippen LogP contribution >= 0.6 is 27.5 Å². The fourth-order valence-corrected chi connectivity index (χ4v) is 1.92. The molecule has 2 N–H and O–H groups in total. The van der Waals surface area contributed by atoms with Crippen molar-refractivity contribution in [2.45, 2.75) is 19.5 Å². The van der Waals surface area contributed by atoms with Crippen LogP contribution in [0.3, 0.4) is 0 Å². The smallest absolute Gasteiger partial charge is 0.143 e. The van der Waals surface area contributed by atoms with E-state index in [-0.39, 0.29) is 6.61 Å². The molecule has 6 nitrogen and oxygen atoms in total. The average Bonchev–Trinajstić information content (AvgIpc) is 2.86. The van der Waals surface area contributed by atoms with Crippen LogP contribution in [0.25, 0.3) is 0 Å². The van der Waals surface area contributed by atoms with E-state index in [4.69, 9.17) is 16.7 Å². The average molecular weight is 347 g/mol. The van der Waals surface area contributed by atoms with Gasteiger partial charge in [-0.3, -0.25) is 4.68 Å². The van der Waals surface area contributed by atoms with Gasteiger partial charge in [0, 0.05) is 13.2 Å². The molecule has 2 heterocycles. The van der Waals surface area contributed by atoms with Crippen LogP contribution in [0.2, 0.25) is 5.15 Å². The third-order valence-corrected chi connectivity index (χ3v) is 3.54. The first-order valence-electron chi connectivity index (χ1n) is 5.74. The molecule has 0 saturated carbocycles. The molecule has 0 amide bonds. The highest BCUT2D eigenvalue weighted by Gasteiger charge is 2.03. The number of rotatable bonds is 6. The van der Waals surface area contributed by atoms with Gasteiger partial charge >= 0.3 is 0 Å². The largest absolute Gasteiger partial charge is 0.396 e. The first-order chi connectivity index (χ1) is 9.19. The number of hydrogen-bond acceptors (Lipinski definition) is 5. The number of pyridine rings is 1. The number of aromatic nitrogens is 4. The van der Waals surface area contributed by atoms with Crippen LogP contribution in [-0.2, 0) is 13.1 Å². The summed E-state index contributed by atoms with van der Waals surface area (Å²) in [6.45, 7) is 1.37. The van der Waals surface area contributed by atoms with E-state index in [9.17, 15) is 0 Å². The molecule has 0 aromatic carbocycles. The normalized spacial score (nSPS) is 10.7. The van der Waals surface area contributed by atoms with E-state index >= 15 is 0 Å². The molecule has 0 aliphatic rings. The highest BCUT2D eigenvalue weighted by atomic mass is 79.9. The number of aryl methyl sites for hydroxylation is 1. The summed E-state index contributed by atoms with van der Waals surface area (Å²) < 4.78 is 2.45. The zero-order valence-electron chi connectivity index (χ0n) is 10.1. The predicted octanol–water partition coefficient (Wildman–Crippen LogP) is 2.08. The summed E-state index contributed by atoms with van der Waals surface area (Å²) >= 11 is 9.13. The van der Waals surface area contributed by atoms with Crippen LogP contribution in [0.15, 0.2) is 22.9 Å². The van der Waals surface area contributed by atoms with E-state index in [0.29, 0.717) is 24.7 Å². The fourth-order valence-electron chi connectivity index (χ4n) is 1.47. The van der Waals surface area contributed by atoms with Crippen molar-refractivity contribution < 1.29 is 5.11 Å². The lowest BCUT2D eigenvalue weighted by molar-refractivity contribution is 0.276. The fraction of sp³-hybridized carbons (Fsp3) is 0.364. The molecule has 0 aliphatic heterocycles. The lowest BCUT2D eigenvalue weighted by Gasteiger charge is -2.04. The van der Waals surface area contributed by atoms with Crippen LogP contribution in [0.1, 0.15) is 12.1 Å². The lowest BCUT2D eigenvalue weighted by atomic mass is 10.4. The molecule has 2 rings (SSSR count). The predicted molar refractivity (Wildman–Crippen MR) is 76.0 cm³/mol. The van der Waals surface area contributed by atoms with E-state index < -0.39 is 0 Å². The van der Waals surface area contributed by atoms with Crippen LogP contribution < -0.4 is 5.32 Å². The van der Waals surface area contributed by atoms with Gasteiger partial charge in [0.25, 0.3) is 0 Å². The van der Waals surface area contributed by atoms with Crippen molar-refractivity contribution in [1.29, 1.82) is 0 Å². The first-order valence-corrected chi connectivity index (χ1v) is 6.91. The van der Waals surface area contributed by atoms with Crippen molar-refractivity contribution in [3.8, 4) is 0 Å². The Morgan fingerprint density at radius 1 is 1.47 bits per heavy atom. The monoisotopic (exact) mass is 345 g/mol. The number of nitrogens with zero attached hydrogens (tertiary/aromatic N) is 4. The highest BCUT2D eigenvalue weighted by molar-refractivity contribution is 9.10. The minimum atomic E-state index is 0.151. The molecule has 19 heavy (non-hydrogen) atoms. The van der Waals surface area contributed by atoms with Gasteiger partial charge in [0.05, 0.1) is 29.1 Å². The standard InChI is InChI=1S/C11H13BrClN5O/c12-10-4-8(5-15-11(10)13)14-6-9-7-18(17-16-9)2-1-3-19/h4-5,7,14,19H,1-3,6H2. The van der Waals surface area contributed by atoms with Gasteiger partial charge in [-0.05, 0) is 28.4 Å². The summed E-state index contributed by atoms with van der Waals surface area (Å²) in [4.78, 5) is 4.02. The van der Waals surface area contributed by atoms with E-state index in [1.807, 2.05) is 12.3 Å². The lowest BCUT2D eigenvalue weighted by Crippen LogP contribution is -2.01. The number of anilines is 1. The van der Waals surface area contributed by atoms with Gasteiger partial charge in [0.2, 0.25) is 0 Å². The third-order valence-electron chi connectivity index (χ3n) is 2.40. The molecule has 0 bridgehead atoms. The molecule has 2 aromatic heterocycles. The summed E-state index contributed by atoms with van der Waals surface area (Å²) in [5.74, 6) is 0. The summed E-state index contributed by atoms with van der Waals surface area (Å²) in [6.07, 6.45) is 4.18. The molecule has 8 heteroatoms. The number of hydrogen-bond donors (Lipinski definition) is 2. The van der Waals surface area contributed by atoms with Crippen molar-refractivity contribution in [3.05, 3.63) is 33.8 Å². The van der Waals surface area contributed by atoms with Crippen molar-refractivity contribution in [3.63, 3.8) is 0 Å². The molecule has 0 fully saturated rings. The van der Waals surface area contributed by atoms with Crippen molar-refractivity contribution >= 4 is 33.2 Å². The van der Waals surface area contributed by atoms with Gasteiger partial charge in [0.15, 0.2) is 0 Å². The Hall–Kier alpha value is -1.18. The summed E-state index contributed by atoms with van der Waals surface area (Å²) in [7, 11) is 0. The number of halogens is 2. The maximum Gasteiger partial charge on any atom is 0.143 e. The maximum absolute atomic E-state index is 8.74. The number of aliphatic hydroxyl groups is 1. The second-order valence-corrected chi connectivity index (χ2v) is 5.11. The summed E-state index contributed by atoms with van der Waals surface area (Å²) in [6, 6.07) is 1.85. The van der Waals surface area contributed by atoms with Gasteiger partial charge in [-0.1, -0.05) is 16.8 Å². The van der Waals surface area contributed by atoms with Crippen LogP contribution in [0, 0.1) is 0 Å². The van der Waals surface area contributed by atoms with Crippen LogP contribution in [-0.4, -0.2) is 31.7 Å². The SMILES string of the molecule is OCCCn1cc(CNc2cnc(Cl)c(Br)c2)nn1. The van der Waals surface area contributed by atoms with Gasteiger partial charge in [-0.25, -0.2) is 4.98 Å². The molecule has 2 aromatic rings. The molecule has 102 valence electrons. The van der Waals surface area contributed by atoms with E-state index in [1.54, 1.807) is 10.9 Å². The first kappa shape index (κ1) is 14.2. The zero-order valence-corrected chi connectivity index (χ0v) is 12.4. The Kier molecular flexibility index (Phi) is 5.12. The van der Waals surface area contributed by atoms with E-state index in [1.165, 1.54) is 0 Å². The molecule has 0 radical (unpaired) electrons. The van der Waals surface area contributed by atoms with Gasteiger partial charge in [-0.2, -0.15) is 0 Å². The molecular formula is C11H13BrClN5O. The maximum atomic E-state index is 8.74. The highest BCUT2D eigenvalue weighted by Crippen LogP contribution is 2.22. The Labute approximate surface area is 123 Å². The van der Waals surface area contributed by atoms with Crippen LogP contribution in [0.4, 0.5) is 5.69 Å². The zero-order chi connectivity index (χ0) is 13.7. The van der Waals surface area contributed by atoms with Gasteiger partial charge in [0.1, 0.15) is 10.8 Å². The summed E-state index contributed by atoms with van der Waals surface area (Å²) in [5.41, 5.74) is 1.67. The molecule has 0 spiro atoms. The van der Waals surface area contributed by atoms with Crippen molar-refractivity contribution in [1.82, 2.24) is 20.0 Å². The van der Waals surface area contributed by atoms with Crippen LogP contribution in [0.5, 0.6) is 0 Å². The third kappa shape index (κ3) is 4.15.